The number of halogens is 3. The van der Waals surface area contributed by atoms with E-state index in [0.717, 1.165) is 49.8 Å². The van der Waals surface area contributed by atoms with Gasteiger partial charge in [0.25, 0.3) is 11.8 Å². The minimum atomic E-state index is -3.26. The number of nitrogens with one attached hydrogen (secondary N) is 5. The van der Waals surface area contributed by atoms with Crippen LogP contribution < -0.4 is 27.0 Å². The van der Waals surface area contributed by atoms with Crippen molar-refractivity contribution >= 4 is 58.5 Å². The maximum atomic E-state index is 16.8. The van der Waals surface area contributed by atoms with E-state index in [1.54, 1.807) is 51.3 Å². The van der Waals surface area contributed by atoms with Crippen molar-refractivity contribution in [2.75, 3.05) is 39.4 Å². The Bertz CT molecular complexity index is 2710. The second-order valence-electron chi connectivity index (χ2n) is 23.9. The highest BCUT2D eigenvalue weighted by Crippen LogP contribution is 2.51. The summed E-state index contributed by atoms with van der Waals surface area (Å²) >= 11 is 1.26. The highest BCUT2D eigenvalue weighted by Gasteiger charge is 2.50. The Balaban J connectivity index is 1.02. The predicted molar refractivity (Wildman–Crippen MR) is 314 cm³/mol. The second kappa shape index (κ2) is 31.6. The third kappa shape index (κ3) is 22.1. The molecule has 0 radical (unpaired) electrons. The van der Waals surface area contributed by atoms with Crippen molar-refractivity contribution in [1.82, 2.24) is 26.2 Å². The van der Waals surface area contributed by atoms with E-state index in [2.05, 4.69) is 21.3 Å². The molecule has 0 saturated carbocycles. The molecule has 1 fully saturated rings. The summed E-state index contributed by atoms with van der Waals surface area (Å²) in [4.78, 5) is 93.6. The minimum absolute atomic E-state index is 0.0157. The molecule has 4 atom stereocenters. The van der Waals surface area contributed by atoms with Gasteiger partial charge in [0.05, 0.1) is 32.3 Å². The van der Waals surface area contributed by atoms with Crippen molar-refractivity contribution < 1.29 is 60.9 Å². The Kier molecular flexibility index (Phi) is 25.8. The van der Waals surface area contributed by atoms with Crippen LogP contribution in [0.1, 0.15) is 202 Å². The zero-order valence-electron chi connectivity index (χ0n) is 49.5. The zero-order chi connectivity index (χ0) is 61.0. The Labute approximate surface area is 491 Å². The average molecular weight is 1180 g/mol. The van der Waals surface area contributed by atoms with Crippen molar-refractivity contribution in [1.29, 1.82) is 5.41 Å². The molecule has 2 aliphatic rings. The predicted octanol–water partition coefficient (Wildman–Crippen LogP) is 10.0. The number of nitrogen functional groups attached to an aromatic ring is 1. The van der Waals surface area contributed by atoms with E-state index in [1.807, 2.05) is 20.8 Å². The molecule has 5 rings (SSSR count). The molecule has 1 aromatic heterocycles. The van der Waals surface area contributed by atoms with Gasteiger partial charge in [-0.25, -0.2) is 4.39 Å². The summed E-state index contributed by atoms with van der Waals surface area (Å²) in [5, 5.41) is 20.5. The lowest BCUT2D eigenvalue weighted by Crippen LogP contribution is -2.49. The highest BCUT2D eigenvalue weighted by atomic mass is 32.1. The fourth-order valence-corrected chi connectivity index (χ4v) is 11.1. The first-order chi connectivity index (χ1) is 39.2. The number of rotatable bonds is 35. The quantitative estimate of drug-likeness (QED) is 0.0139. The number of alkyl halides is 3. The third-order valence-electron chi connectivity index (χ3n) is 14.4. The van der Waals surface area contributed by atoms with Gasteiger partial charge in [-0.15, -0.1) is 11.3 Å². The van der Waals surface area contributed by atoms with Crippen LogP contribution in [0.4, 0.5) is 13.2 Å². The molecule has 83 heavy (non-hydrogen) atoms. The zero-order valence-corrected chi connectivity index (χ0v) is 50.4. The highest BCUT2D eigenvalue weighted by molar-refractivity contribution is 7.10. The summed E-state index contributed by atoms with van der Waals surface area (Å²) in [6.07, 6.45) is 13.7. The first-order valence-electron chi connectivity index (χ1n) is 29.3. The van der Waals surface area contributed by atoms with Crippen molar-refractivity contribution in [3.05, 3.63) is 81.0 Å². The molecule has 17 nitrogen and oxygen atoms in total. The summed E-state index contributed by atoms with van der Waals surface area (Å²) in [5.41, 5.74) is 2.68. The van der Waals surface area contributed by atoms with E-state index < -0.39 is 96.6 Å². The Morgan fingerprint density at radius 1 is 0.747 bits per heavy atom. The van der Waals surface area contributed by atoms with Crippen LogP contribution in [-0.4, -0.2) is 120 Å². The number of likely N-dealkylation sites (tertiary alicyclic amines) is 1. The number of amides is 4. The Morgan fingerprint density at radius 2 is 1.36 bits per heavy atom. The molecule has 1 aliphatic carbocycles. The van der Waals surface area contributed by atoms with Gasteiger partial charge in [-0.05, 0) is 97.1 Å². The molecule has 3 aromatic rings. The number of thiophene rings is 1. The topological polar surface area (TPSA) is 248 Å². The summed E-state index contributed by atoms with van der Waals surface area (Å²) in [5.74, 6) is -6.62. The number of ether oxygens (including phenoxy) is 3. The van der Waals surface area contributed by atoms with Gasteiger partial charge in [0.2, 0.25) is 17.7 Å². The van der Waals surface area contributed by atoms with Gasteiger partial charge in [-0.2, -0.15) is 8.78 Å². The summed E-state index contributed by atoms with van der Waals surface area (Å²) in [6.45, 7) is 10.8. The van der Waals surface area contributed by atoms with Crippen molar-refractivity contribution in [3.8, 4) is 11.1 Å². The number of hydrogen-bond acceptors (Lipinski definition) is 13. The molecular weight excluding hydrogens is 1090 g/mol. The van der Waals surface area contributed by atoms with Crippen LogP contribution in [0.15, 0.2) is 53.9 Å². The number of Topliss-reactive ketones (excluding diaryl/α,β-unsaturated/α-hetero) is 1. The number of carbonyl (C=O) groups is 7. The first kappa shape index (κ1) is 67.6. The lowest BCUT2D eigenvalue weighted by molar-refractivity contribution is -0.158. The van der Waals surface area contributed by atoms with Crippen LogP contribution in [0.5, 0.6) is 0 Å². The molecule has 2 aromatic carbocycles. The molecule has 21 heteroatoms. The first-order valence-corrected chi connectivity index (χ1v) is 30.2. The van der Waals surface area contributed by atoms with Crippen LogP contribution in [0.2, 0.25) is 0 Å². The van der Waals surface area contributed by atoms with Crippen molar-refractivity contribution in [2.45, 2.75) is 205 Å². The number of carbonyl (C=O) groups excluding carboxylic acids is 7. The number of benzene rings is 2. The Hall–Kier alpha value is -6.19. The van der Waals surface area contributed by atoms with Gasteiger partial charge >= 0.3 is 11.9 Å². The molecule has 4 amide bonds. The molecule has 458 valence electrons. The van der Waals surface area contributed by atoms with Crippen LogP contribution in [-0.2, 0) is 48.9 Å². The van der Waals surface area contributed by atoms with Crippen molar-refractivity contribution in [2.24, 2.45) is 5.73 Å². The van der Waals surface area contributed by atoms with E-state index in [-0.39, 0.29) is 84.4 Å². The van der Waals surface area contributed by atoms with E-state index >= 15 is 13.2 Å². The molecule has 0 spiro atoms. The normalized spacial score (nSPS) is 17.0. The van der Waals surface area contributed by atoms with E-state index in [4.69, 9.17) is 25.4 Å². The standard InChI is InChI=1S/C62H88F3N7O10S/c1-41(51-35-43(38-83-51)55(66)67)71-57(78)50-36-61(63,39-72(50)53(75)37-70-56(77)42-26-27-48-46(34-42)45-23-20-21-24-47(45)62(48,64)65)40-80-33-32-69-52(74)29-28-49(58(79)82-60(5,6)7)68-31-30-44(73)22-18-16-14-12-10-8-9-11-13-15-17-19-25-54(76)81-59(2,3)4/h20-21,23-24,26-27,34-35,38,41,49-50,68H,8-19,22,25,28-33,36-37,39-40H2,1-7H3,(H3,66,67)(H,69,74)(H,70,77)(H,71,78)/t41-,49+,50+,61-/m1/s1. The molecule has 7 N–H and O–H groups in total. The van der Waals surface area contributed by atoms with Crippen LogP contribution in [0.3, 0.4) is 0 Å². The fourth-order valence-electron chi connectivity index (χ4n) is 10.1. The lowest BCUT2D eigenvalue weighted by atomic mass is 10.0. The lowest BCUT2D eigenvalue weighted by Gasteiger charge is -2.25. The molecule has 2 heterocycles. The number of fused-ring (bicyclic) bond motifs is 3. The molecule has 1 saturated heterocycles. The number of hydrogen-bond donors (Lipinski definition) is 6. The second-order valence-corrected chi connectivity index (χ2v) is 24.9. The minimum Gasteiger partial charge on any atom is -0.460 e. The summed E-state index contributed by atoms with van der Waals surface area (Å²) in [7, 11) is 0. The van der Waals surface area contributed by atoms with Crippen LogP contribution in [0, 0.1) is 5.41 Å². The maximum absolute atomic E-state index is 16.8. The third-order valence-corrected chi connectivity index (χ3v) is 15.5. The number of esters is 2. The van der Waals surface area contributed by atoms with Crippen molar-refractivity contribution in [3.63, 3.8) is 0 Å². The van der Waals surface area contributed by atoms with Gasteiger partial charge in [0, 0.05) is 77.7 Å². The molecule has 0 bridgehead atoms. The molecule has 0 unspecified atom stereocenters. The number of nitrogens with zero attached hydrogens (tertiary/aromatic N) is 1. The van der Waals surface area contributed by atoms with Crippen LogP contribution in [0.25, 0.3) is 11.1 Å². The van der Waals surface area contributed by atoms with Gasteiger partial charge in [0.1, 0.15) is 34.9 Å². The SMILES string of the molecule is C[C@@H](NC(=O)[C@@H]1C[C@](F)(COCCNC(=O)CC[C@H](NCCC(=O)CCCCCCCCCCCCCCC(=O)OC(C)(C)C)C(=O)OC(C)(C)C)CN1C(=O)CNC(=O)c1ccc2c(c1)-c1ccccc1C2(F)F)c1cc(C(=N)N)cs1. The Morgan fingerprint density at radius 3 is 1.99 bits per heavy atom. The monoisotopic (exact) mass is 1180 g/mol. The molecular formula is C62H88F3N7O10S. The van der Waals surface area contributed by atoms with Gasteiger partial charge in [0.15, 0.2) is 5.67 Å². The summed E-state index contributed by atoms with van der Waals surface area (Å²) < 4.78 is 63.8. The van der Waals surface area contributed by atoms with Crippen LogP contribution >= 0.6 is 11.3 Å². The fraction of sp³-hybridized carbons (Fsp3) is 0.613. The average Bonchev–Trinajstić information content (AvgIpc) is 2.01. The number of ketones is 1. The molecule has 1 aliphatic heterocycles. The van der Waals surface area contributed by atoms with E-state index in [9.17, 15) is 33.6 Å². The maximum Gasteiger partial charge on any atom is 0.323 e. The van der Waals surface area contributed by atoms with Gasteiger partial charge < -0.3 is 46.1 Å². The van der Waals surface area contributed by atoms with E-state index in [1.165, 1.54) is 73.8 Å². The summed E-state index contributed by atoms with van der Waals surface area (Å²) in [6, 6.07) is 8.58. The number of amidine groups is 1. The smallest absolute Gasteiger partial charge is 0.323 e. The van der Waals surface area contributed by atoms with Gasteiger partial charge in [-0.3, -0.25) is 39.0 Å². The number of nitrogens with two attached hydrogens (primary N) is 1. The van der Waals surface area contributed by atoms with Gasteiger partial charge in [-0.1, -0.05) is 94.5 Å². The van der Waals surface area contributed by atoms with E-state index in [0.29, 0.717) is 23.3 Å². The largest absolute Gasteiger partial charge is 0.460 e. The number of unbranched alkanes of at least 4 members (excludes halogenated alkanes) is 11.